The molecular weight excluding hydrogens is 293 g/mol. The second-order valence-corrected chi connectivity index (χ2v) is 5.47. The van der Waals surface area contributed by atoms with Gasteiger partial charge < -0.3 is 10.6 Å². The van der Waals surface area contributed by atoms with Gasteiger partial charge in [-0.25, -0.2) is 4.39 Å². The largest absolute Gasteiger partial charge is 0.380 e. The summed E-state index contributed by atoms with van der Waals surface area (Å²) in [7, 11) is 0. The van der Waals surface area contributed by atoms with Crippen molar-refractivity contribution in [2.45, 2.75) is 20.4 Å². The molecule has 0 fully saturated rings. The zero-order valence-electron chi connectivity index (χ0n) is 13.1. The molecule has 0 saturated heterocycles. The summed E-state index contributed by atoms with van der Waals surface area (Å²) in [5, 5.41) is 14.9. The molecule has 2 aromatic rings. The topological polar surface area (TPSA) is 64.9 Å². The van der Waals surface area contributed by atoms with Crippen LogP contribution < -0.4 is 10.6 Å². The Morgan fingerprint density at radius 3 is 2.70 bits per heavy atom. The lowest BCUT2D eigenvalue weighted by molar-refractivity contribution is -0.118. The fourth-order valence-electron chi connectivity index (χ4n) is 2.03. The van der Waals surface area contributed by atoms with Gasteiger partial charge in [0.1, 0.15) is 17.4 Å². The average Bonchev–Trinajstić information content (AvgIpc) is 2.53. The Morgan fingerprint density at radius 1 is 1.26 bits per heavy atom. The van der Waals surface area contributed by atoms with Crippen LogP contribution in [-0.4, -0.2) is 5.91 Å². The molecule has 4 nitrogen and oxygen atoms in total. The minimum absolute atomic E-state index is 0.00300. The van der Waals surface area contributed by atoms with Crippen molar-refractivity contribution in [3.05, 3.63) is 59.4 Å². The predicted molar refractivity (Wildman–Crippen MR) is 88.4 cm³/mol. The van der Waals surface area contributed by atoms with Crippen LogP contribution in [0.15, 0.2) is 42.5 Å². The number of carbonyl (C=O) groups excluding carboxylic acids is 1. The Kier molecular flexibility index (Phi) is 5.32. The fourth-order valence-corrected chi connectivity index (χ4v) is 2.03. The number of rotatable bonds is 5. The third-order valence-electron chi connectivity index (χ3n) is 3.33. The van der Waals surface area contributed by atoms with Crippen molar-refractivity contribution in [2.75, 3.05) is 10.6 Å². The van der Waals surface area contributed by atoms with Crippen LogP contribution in [-0.2, 0) is 11.3 Å². The molecule has 0 aliphatic carbocycles. The van der Waals surface area contributed by atoms with Gasteiger partial charge in [-0.2, -0.15) is 5.26 Å². The van der Waals surface area contributed by atoms with Crippen LogP contribution in [0.25, 0.3) is 0 Å². The van der Waals surface area contributed by atoms with Gasteiger partial charge in [-0.3, -0.25) is 4.79 Å². The highest BCUT2D eigenvalue weighted by molar-refractivity contribution is 5.92. The third-order valence-corrected chi connectivity index (χ3v) is 3.33. The van der Waals surface area contributed by atoms with Gasteiger partial charge in [0.05, 0.1) is 5.69 Å². The first-order valence-corrected chi connectivity index (χ1v) is 7.33. The van der Waals surface area contributed by atoms with Gasteiger partial charge in [0.15, 0.2) is 0 Å². The maximum atomic E-state index is 13.5. The number of amides is 1. The van der Waals surface area contributed by atoms with E-state index in [0.717, 1.165) is 5.56 Å². The summed E-state index contributed by atoms with van der Waals surface area (Å²) in [6, 6.07) is 13.7. The number of benzene rings is 2. The number of nitrogens with zero attached hydrogens (tertiary/aromatic N) is 1. The van der Waals surface area contributed by atoms with E-state index in [2.05, 4.69) is 10.6 Å². The van der Waals surface area contributed by atoms with E-state index in [0.29, 0.717) is 17.9 Å². The highest BCUT2D eigenvalue weighted by atomic mass is 19.1. The van der Waals surface area contributed by atoms with Gasteiger partial charge in [0, 0.05) is 18.2 Å². The van der Waals surface area contributed by atoms with E-state index in [1.807, 2.05) is 44.2 Å². The molecule has 1 amide bonds. The fraction of sp³-hybridized carbons (Fsp3) is 0.222. The van der Waals surface area contributed by atoms with Crippen LogP contribution in [0.3, 0.4) is 0 Å². The Hall–Kier alpha value is -2.87. The monoisotopic (exact) mass is 311 g/mol. The zero-order chi connectivity index (χ0) is 16.8. The molecule has 2 rings (SSSR count). The average molecular weight is 311 g/mol. The molecule has 0 radical (unpaired) electrons. The molecule has 0 spiro atoms. The van der Waals surface area contributed by atoms with E-state index >= 15 is 0 Å². The normalized spacial score (nSPS) is 10.2. The summed E-state index contributed by atoms with van der Waals surface area (Å²) in [4.78, 5) is 11.7. The van der Waals surface area contributed by atoms with Crippen molar-refractivity contribution in [3.63, 3.8) is 0 Å². The second-order valence-electron chi connectivity index (χ2n) is 5.47. The van der Waals surface area contributed by atoms with Crippen molar-refractivity contribution < 1.29 is 9.18 Å². The smallest absolute Gasteiger partial charge is 0.226 e. The Morgan fingerprint density at radius 2 is 2.00 bits per heavy atom. The van der Waals surface area contributed by atoms with Gasteiger partial charge in [-0.15, -0.1) is 0 Å². The van der Waals surface area contributed by atoms with E-state index in [-0.39, 0.29) is 17.4 Å². The number of hydrogen-bond acceptors (Lipinski definition) is 3. The minimum atomic E-state index is -0.546. The van der Waals surface area contributed by atoms with Crippen molar-refractivity contribution >= 4 is 17.3 Å². The van der Waals surface area contributed by atoms with Crippen LogP contribution in [0.2, 0.25) is 0 Å². The van der Waals surface area contributed by atoms with E-state index in [1.165, 1.54) is 6.07 Å². The Bertz CT molecular complexity index is 750. The summed E-state index contributed by atoms with van der Waals surface area (Å²) in [5.74, 6) is -0.690. The molecule has 0 aromatic heterocycles. The van der Waals surface area contributed by atoms with E-state index < -0.39 is 5.82 Å². The van der Waals surface area contributed by atoms with E-state index in [9.17, 15) is 9.18 Å². The summed E-state index contributed by atoms with van der Waals surface area (Å²) in [6.07, 6.45) is 0. The second kappa shape index (κ2) is 7.41. The Balaban J connectivity index is 2.09. The quantitative estimate of drug-likeness (QED) is 0.880. The third kappa shape index (κ3) is 4.30. The highest BCUT2D eigenvalue weighted by Gasteiger charge is 2.09. The molecule has 0 atom stereocenters. The van der Waals surface area contributed by atoms with Crippen molar-refractivity contribution in [3.8, 4) is 6.07 Å². The van der Waals surface area contributed by atoms with Crippen molar-refractivity contribution in [2.24, 2.45) is 5.92 Å². The van der Waals surface area contributed by atoms with Crippen LogP contribution in [0, 0.1) is 23.1 Å². The minimum Gasteiger partial charge on any atom is -0.380 e. The summed E-state index contributed by atoms with van der Waals surface area (Å²) >= 11 is 0. The molecule has 23 heavy (non-hydrogen) atoms. The Labute approximate surface area is 134 Å². The molecule has 0 heterocycles. The number of nitrogens with one attached hydrogen (secondary N) is 2. The first kappa shape index (κ1) is 16.5. The van der Waals surface area contributed by atoms with Crippen LogP contribution in [0.4, 0.5) is 15.8 Å². The van der Waals surface area contributed by atoms with Gasteiger partial charge in [-0.05, 0) is 29.8 Å². The molecular formula is C18H18FN3O. The van der Waals surface area contributed by atoms with Gasteiger partial charge in [-0.1, -0.05) is 32.0 Å². The molecule has 0 aliphatic rings. The lowest BCUT2D eigenvalue weighted by Crippen LogP contribution is -2.17. The van der Waals surface area contributed by atoms with Gasteiger partial charge in [0.2, 0.25) is 5.91 Å². The van der Waals surface area contributed by atoms with Crippen molar-refractivity contribution in [1.29, 1.82) is 5.26 Å². The molecule has 0 unspecified atom stereocenters. The van der Waals surface area contributed by atoms with Gasteiger partial charge in [0.25, 0.3) is 0 Å². The SMILES string of the molecule is CC(C)C(=O)Nc1cccc(CNc2cccc(F)c2C#N)c1. The standard InChI is InChI=1S/C18H18FN3O/c1-12(2)18(23)22-14-6-3-5-13(9-14)11-21-17-8-4-7-16(19)15(17)10-20/h3-9,12,21H,11H2,1-2H3,(H,22,23). The van der Waals surface area contributed by atoms with E-state index in [1.54, 1.807) is 12.1 Å². The number of halogens is 1. The maximum Gasteiger partial charge on any atom is 0.226 e. The first-order valence-electron chi connectivity index (χ1n) is 7.33. The van der Waals surface area contributed by atoms with E-state index in [4.69, 9.17) is 5.26 Å². The summed E-state index contributed by atoms with van der Waals surface area (Å²) < 4.78 is 13.5. The number of hydrogen-bond donors (Lipinski definition) is 2. The van der Waals surface area contributed by atoms with Crippen LogP contribution in [0.5, 0.6) is 0 Å². The molecule has 0 bridgehead atoms. The highest BCUT2D eigenvalue weighted by Crippen LogP contribution is 2.19. The lowest BCUT2D eigenvalue weighted by atomic mass is 10.1. The number of carbonyl (C=O) groups is 1. The van der Waals surface area contributed by atoms with Gasteiger partial charge >= 0.3 is 0 Å². The molecule has 118 valence electrons. The first-order chi connectivity index (χ1) is 11.0. The maximum absolute atomic E-state index is 13.5. The summed E-state index contributed by atoms with van der Waals surface area (Å²) in [6.45, 7) is 4.08. The molecule has 0 aliphatic heterocycles. The molecule has 2 aromatic carbocycles. The molecule has 0 saturated carbocycles. The van der Waals surface area contributed by atoms with Crippen LogP contribution in [0.1, 0.15) is 25.0 Å². The van der Waals surface area contributed by atoms with Crippen molar-refractivity contribution in [1.82, 2.24) is 0 Å². The summed E-state index contributed by atoms with van der Waals surface area (Å²) in [5.41, 5.74) is 2.07. The molecule has 2 N–H and O–H groups in total. The van der Waals surface area contributed by atoms with Crippen LogP contribution >= 0.6 is 0 Å². The molecule has 5 heteroatoms. The predicted octanol–water partition coefficient (Wildman–Crippen LogP) is 3.90. The lowest BCUT2D eigenvalue weighted by Gasteiger charge is -2.11. The number of anilines is 2. The zero-order valence-corrected chi connectivity index (χ0v) is 13.1. The number of nitriles is 1.